The molecule has 2 fully saturated rings. The van der Waals surface area contributed by atoms with Crippen molar-refractivity contribution < 1.29 is 4.79 Å². The van der Waals surface area contributed by atoms with E-state index in [4.69, 9.17) is 5.26 Å². The van der Waals surface area contributed by atoms with Gasteiger partial charge in [-0.25, -0.2) is 0 Å². The van der Waals surface area contributed by atoms with Crippen molar-refractivity contribution in [3.05, 3.63) is 0 Å². The average molecular weight is 278 g/mol. The van der Waals surface area contributed by atoms with Crippen molar-refractivity contribution in [2.45, 2.75) is 44.6 Å². The maximum atomic E-state index is 12.1. The van der Waals surface area contributed by atoms with Gasteiger partial charge in [0.05, 0.1) is 19.2 Å². The summed E-state index contributed by atoms with van der Waals surface area (Å²) in [6, 6.07) is 2.57. The molecule has 1 saturated carbocycles. The molecule has 0 atom stereocenters. The van der Waals surface area contributed by atoms with E-state index < -0.39 is 0 Å². The molecule has 112 valence electrons. The van der Waals surface area contributed by atoms with Crippen LogP contribution in [-0.4, -0.2) is 61.0 Å². The van der Waals surface area contributed by atoms with Gasteiger partial charge >= 0.3 is 0 Å². The van der Waals surface area contributed by atoms with E-state index in [1.54, 1.807) is 0 Å². The second kappa shape index (κ2) is 8.23. The second-order valence-corrected chi connectivity index (χ2v) is 5.97. The highest BCUT2D eigenvalue weighted by Crippen LogP contribution is 2.17. The van der Waals surface area contributed by atoms with Crippen molar-refractivity contribution in [2.24, 2.45) is 0 Å². The summed E-state index contributed by atoms with van der Waals surface area (Å²) in [6.07, 6.45) is 7.40. The first-order valence-electron chi connectivity index (χ1n) is 7.89. The van der Waals surface area contributed by atoms with Gasteiger partial charge in [-0.2, -0.15) is 5.26 Å². The molecule has 1 heterocycles. The minimum absolute atomic E-state index is 0.172. The lowest BCUT2D eigenvalue weighted by atomic mass is 10.1. The molecule has 0 spiro atoms. The van der Waals surface area contributed by atoms with Crippen LogP contribution in [0.3, 0.4) is 0 Å². The number of hydrogen-bond acceptors (Lipinski definition) is 4. The monoisotopic (exact) mass is 278 g/mol. The summed E-state index contributed by atoms with van der Waals surface area (Å²) in [5.74, 6) is 0.172. The third-order valence-electron chi connectivity index (χ3n) is 4.35. The predicted octanol–water partition coefficient (Wildman–Crippen LogP) is 0.967. The van der Waals surface area contributed by atoms with Crippen LogP contribution in [0.4, 0.5) is 0 Å². The highest BCUT2D eigenvalue weighted by Gasteiger charge is 2.20. The molecule has 5 nitrogen and oxygen atoms in total. The highest BCUT2D eigenvalue weighted by molar-refractivity contribution is 5.78. The van der Waals surface area contributed by atoms with E-state index in [0.717, 1.165) is 39.0 Å². The fraction of sp³-hybridized carbons (Fsp3) is 0.867. The summed E-state index contributed by atoms with van der Waals surface area (Å²) in [7, 11) is 0. The van der Waals surface area contributed by atoms with Gasteiger partial charge in [-0.05, 0) is 12.8 Å². The Labute approximate surface area is 121 Å². The molecule has 20 heavy (non-hydrogen) atoms. The molecular weight excluding hydrogens is 252 g/mol. The van der Waals surface area contributed by atoms with Gasteiger partial charge in [0.1, 0.15) is 0 Å². The van der Waals surface area contributed by atoms with Crippen molar-refractivity contribution >= 4 is 5.91 Å². The zero-order valence-electron chi connectivity index (χ0n) is 12.3. The first-order chi connectivity index (χ1) is 9.78. The van der Waals surface area contributed by atoms with Gasteiger partial charge in [0, 0.05) is 32.2 Å². The van der Waals surface area contributed by atoms with Crippen LogP contribution in [-0.2, 0) is 4.79 Å². The number of carbonyl (C=O) groups excluding carboxylic acids is 1. The zero-order chi connectivity index (χ0) is 14.2. The third kappa shape index (κ3) is 5.10. The maximum Gasteiger partial charge on any atom is 0.234 e. The van der Waals surface area contributed by atoms with Crippen molar-refractivity contribution in [1.82, 2.24) is 15.1 Å². The number of nitriles is 1. The molecule has 1 saturated heterocycles. The summed E-state index contributed by atoms with van der Waals surface area (Å²) in [5.41, 5.74) is 0. The van der Waals surface area contributed by atoms with Crippen LogP contribution in [0.2, 0.25) is 0 Å². The van der Waals surface area contributed by atoms with Crippen molar-refractivity contribution in [2.75, 3.05) is 39.3 Å². The number of amides is 1. The molecule has 1 N–H and O–H groups in total. The molecule has 0 bridgehead atoms. The smallest absolute Gasteiger partial charge is 0.234 e. The van der Waals surface area contributed by atoms with Gasteiger partial charge in [-0.1, -0.05) is 25.7 Å². The van der Waals surface area contributed by atoms with E-state index in [1.165, 1.54) is 25.7 Å². The van der Waals surface area contributed by atoms with E-state index in [-0.39, 0.29) is 5.91 Å². The van der Waals surface area contributed by atoms with E-state index in [9.17, 15) is 4.79 Å². The Kier molecular flexibility index (Phi) is 6.28. The fourth-order valence-corrected chi connectivity index (χ4v) is 3.11. The Balaban J connectivity index is 1.66. The van der Waals surface area contributed by atoms with Crippen LogP contribution in [0.5, 0.6) is 0 Å². The van der Waals surface area contributed by atoms with Gasteiger partial charge in [0.25, 0.3) is 0 Å². The molecular formula is C15H26N4O. The van der Waals surface area contributed by atoms with E-state index >= 15 is 0 Å². The molecule has 2 aliphatic rings. The molecule has 0 unspecified atom stereocenters. The Morgan fingerprint density at radius 3 is 2.25 bits per heavy atom. The Bertz CT molecular complexity index is 336. The van der Waals surface area contributed by atoms with Crippen LogP contribution in [0, 0.1) is 11.3 Å². The van der Waals surface area contributed by atoms with Crippen molar-refractivity contribution in [1.29, 1.82) is 5.26 Å². The molecule has 0 aromatic rings. The van der Waals surface area contributed by atoms with Crippen LogP contribution in [0.25, 0.3) is 0 Å². The van der Waals surface area contributed by atoms with Gasteiger partial charge in [-0.3, -0.25) is 14.6 Å². The third-order valence-corrected chi connectivity index (χ3v) is 4.35. The lowest BCUT2D eigenvalue weighted by Gasteiger charge is -2.33. The fourth-order valence-electron chi connectivity index (χ4n) is 3.11. The largest absolute Gasteiger partial charge is 0.352 e. The first kappa shape index (κ1) is 15.3. The number of rotatable bonds is 4. The topological polar surface area (TPSA) is 59.4 Å². The van der Waals surface area contributed by atoms with Gasteiger partial charge < -0.3 is 5.32 Å². The first-order valence-corrected chi connectivity index (χ1v) is 7.89. The molecule has 2 rings (SSSR count). The van der Waals surface area contributed by atoms with Gasteiger partial charge in [0.2, 0.25) is 5.91 Å². The summed E-state index contributed by atoms with van der Waals surface area (Å²) < 4.78 is 0. The Morgan fingerprint density at radius 1 is 1.05 bits per heavy atom. The number of nitrogens with zero attached hydrogens (tertiary/aromatic N) is 3. The quantitative estimate of drug-likeness (QED) is 0.615. The van der Waals surface area contributed by atoms with E-state index in [0.29, 0.717) is 19.1 Å². The standard InChI is InChI=1S/C15H26N4O/c16-7-8-18-9-11-19(12-10-18)13-15(20)17-14-5-3-1-2-4-6-14/h14H,1-6,8-13H2,(H,17,20). The van der Waals surface area contributed by atoms with E-state index in [1.807, 2.05) is 0 Å². The average Bonchev–Trinajstić information content (AvgIpc) is 2.70. The maximum absolute atomic E-state index is 12.1. The second-order valence-electron chi connectivity index (χ2n) is 5.97. The summed E-state index contributed by atoms with van der Waals surface area (Å²) in [5, 5.41) is 11.9. The number of hydrogen-bond donors (Lipinski definition) is 1. The predicted molar refractivity (Wildman–Crippen MR) is 78.1 cm³/mol. The minimum Gasteiger partial charge on any atom is -0.352 e. The molecule has 1 aliphatic carbocycles. The van der Waals surface area contributed by atoms with Crippen molar-refractivity contribution in [3.8, 4) is 6.07 Å². The molecule has 1 amide bonds. The summed E-state index contributed by atoms with van der Waals surface area (Å²) in [4.78, 5) is 16.4. The van der Waals surface area contributed by atoms with Crippen LogP contribution in [0.15, 0.2) is 0 Å². The molecule has 0 aromatic heterocycles. The van der Waals surface area contributed by atoms with Crippen molar-refractivity contribution in [3.63, 3.8) is 0 Å². The van der Waals surface area contributed by atoms with Crippen LogP contribution in [0.1, 0.15) is 38.5 Å². The highest BCUT2D eigenvalue weighted by atomic mass is 16.2. The molecule has 0 radical (unpaired) electrons. The Hall–Kier alpha value is -1.12. The minimum atomic E-state index is 0.172. The number of carbonyl (C=O) groups is 1. The number of nitrogens with one attached hydrogen (secondary N) is 1. The molecule has 1 aliphatic heterocycles. The lowest BCUT2D eigenvalue weighted by molar-refractivity contribution is -0.123. The van der Waals surface area contributed by atoms with Crippen LogP contribution < -0.4 is 5.32 Å². The normalized spacial score (nSPS) is 22.9. The zero-order valence-corrected chi connectivity index (χ0v) is 12.3. The Morgan fingerprint density at radius 2 is 1.65 bits per heavy atom. The lowest BCUT2D eigenvalue weighted by Crippen LogP contribution is -2.50. The SMILES string of the molecule is N#CCN1CCN(CC(=O)NC2CCCCCC2)CC1. The van der Waals surface area contributed by atoms with Crippen LogP contribution >= 0.6 is 0 Å². The van der Waals surface area contributed by atoms with Gasteiger partial charge in [-0.15, -0.1) is 0 Å². The van der Waals surface area contributed by atoms with E-state index in [2.05, 4.69) is 21.2 Å². The molecule has 0 aromatic carbocycles. The summed E-state index contributed by atoms with van der Waals surface area (Å²) in [6.45, 7) is 4.58. The van der Waals surface area contributed by atoms with Gasteiger partial charge in [0.15, 0.2) is 0 Å². The number of piperazine rings is 1. The molecule has 5 heteroatoms. The summed E-state index contributed by atoms with van der Waals surface area (Å²) >= 11 is 0.